The molecular weight excluding hydrogens is 433 g/mol. The van der Waals surface area contributed by atoms with Crippen molar-refractivity contribution in [1.82, 2.24) is 20.0 Å². The summed E-state index contributed by atoms with van der Waals surface area (Å²) in [6.07, 6.45) is -2.00. The third-order valence-corrected chi connectivity index (χ3v) is 6.50. The lowest BCUT2D eigenvalue weighted by Crippen LogP contribution is -2.46. The van der Waals surface area contributed by atoms with Crippen molar-refractivity contribution < 1.29 is 22.7 Å². The van der Waals surface area contributed by atoms with E-state index in [0.717, 1.165) is 35.4 Å². The molecule has 1 aliphatic carbocycles. The molecule has 3 heterocycles. The number of nitrogens with zero attached hydrogens (tertiary/aromatic N) is 3. The lowest BCUT2D eigenvalue weighted by molar-refractivity contribution is -0.137. The Morgan fingerprint density at radius 1 is 1.18 bits per heavy atom. The second kappa shape index (κ2) is 7.75. The van der Waals surface area contributed by atoms with Gasteiger partial charge in [-0.1, -0.05) is 6.07 Å². The standard InChI is InChI=1S/C24H29F3N4O2/c1-23(2,3)33-22(32)30-11-9-19-21-17(8-10-28-13-20(21)30)29-31(19)18-7-6-15(14-4-5-14)12-16(18)24(25,26)27/h6-7,12,14,20,28H,4-5,8-11,13H2,1-3H3/t20-/m0/s1. The van der Waals surface area contributed by atoms with Gasteiger partial charge in [-0.3, -0.25) is 4.90 Å². The molecule has 1 amide bonds. The van der Waals surface area contributed by atoms with Crippen LogP contribution in [0.1, 0.15) is 73.7 Å². The lowest BCUT2D eigenvalue weighted by Gasteiger charge is -2.37. The van der Waals surface area contributed by atoms with Crippen LogP contribution >= 0.6 is 0 Å². The van der Waals surface area contributed by atoms with Gasteiger partial charge in [0.25, 0.3) is 0 Å². The molecule has 0 bridgehead atoms. The van der Waals surface area contributed by atoms with Crippen LogP contribution in [0, 0.1) is 0 Å². The highest BCUT2D eigenvalue weighted by molar-refractivity contribution is 5.70. The van der Waals surface area contributed by atoms with E-state index in [1.807, 2.05) is 20.8 Å². The molecule has 178 valence electrons. The molecule has 5 rings (SSSR count). The summed E-state index contributed by atoms with van der Waals surface area (Å²) in [5.41, 5.74) is 1.88. The summed E-state index contributed by atoms with van der Waals surface area (Å²) in [7, 11) is 0. The van der Waals surface area contributed by atoms with Gasteiger partial charge in [0.15, 0.2) is 0 Å². The van der Waals surface area contributed by atoms with E-state index in [0.29, 0.717) is 32.5 Å². The molecule has 2 aliphatic heterocycles. The van der Waals surface area contributed by atoms with Gasteiger partial charge in [0.2, 0.25) is 0 Å². The summed E-state index contributed by atoms with van der Waals surface area (Å²) in [6, 6.07) is 4.33. The maximum atomic E-state index is 14.1. The van der Waals surface area contributed by atoms with Crippen molar-refractivity contribution >= 4 is 6.09 Å². The largest absolute Gasteiger partial charge is 0.444 e. The van der Waals surface area contributed by atoms with E-state index in [9.17, 15) is 18.0 Å². The van der Waals surface area contributed by atoms with Gasteiger partial charge in [-0.2, -0.15) is 18.3 Å². The van der Waals surface area contributed by atoms with Crippen molar-refractivity contribution in [2.24, 2.45) is 0 Å². The van der Waals surface area contributed by atoms with E-state index < -0.39 is 23.4 Å². The lowest BCUT2D eigenvalue weighted by atomic mass is 9.96. The number of nitrogens with one attached hydrogen (secondary N) is 1. The molecule has 6 nitrogen and oxygen atoms in total. The van der Waals surface area contributed by atoms with Crippen LogP contribution in [0.2, 0.25) is 0 Å². The number of ether oxygens (including phenoxy) is 1. The minimum atomic E-state index is -4.48. The van der Waals surface area contributed by atoms with Crippen LogP contribution < -0.4 is 5.32 Å². The normalized spacial score (nSPS) is 20.9. The first-order valence-electron chi connectivity index (χ1n) is 11.6. The molecule has 1 atom stereocenters. The summed E-state index contributed by atoms with van der Waals surface area (Å²) >= 11 is 0. The van der Waals surface area contributed by atoms with E-state index in [1.165, 1.54) is 10.7 Å². The summed E-state index contributed by atoms with van der Waals surface area (Å²) in [4.78, 5) is 14.6. The molecule has 1 N–H and O–H groups in total. The summed E-state index contributed by atoms with van der Waals surface area (Å²) < 4.78 is 49.3. The van der Waals surface area contributed by atoms with Crippen LogP contribution in [0.5, 0.6) is 0 Å². The highest BCUT2D eigenvalue weighted by Gasteiger charge is 2.41. The van der Waals surface area contributed by atoms with Crippen LogP contribution in [0.25, 0.3) is 5.69 Å². The van der Waals surface area contributed by atoms with Crippen molar-refractivity contribution in [3.05, 3.63) is 46.3 Å². The number of rotatable bonds is 2. The quantitative estimate of drug-likeness (QED) is 0.700. The molecule has 0 spiro atoms. The van der Waals surface area contributed by atoms with Crippen LogP contribution in [0.4, 0.5) is 18.0 Å². The summed E-state index contributed by atoms with van der Waals surface area (Å²) in [6.45, 7) is 6.98. The summed E-state index contributed by atoms with van der Waals surface area (Å²) in [5, 5.41) is 8.01. The minimum Gasteiger partial charge on any atom is -0.444 e. The van der Waals surface area contributed by atoms with Gasteiger partial charge >= 0.3 is 12.3 Å². The zero-order valence-electron chi connectivity index (χ0n) is 19.1. The highest BCUT2D eigenvalue weighted by Crippen LogP contribution is 2.44. The molecule has 2 aromatic rings. The van der Waals surface area contributed by atoms with Crippen LogP contribution in [0.3, 0.4) is 0 Å². The second-order valence-corrected chi connectivity index (χ2v) is 10.2. The van der Waals surface area contributed by atoms with Gasteiger partial charge in [0.1, 0.15) is 5.60 Å². The molecule has 1 aromatic carbocycles. The monoisotopic (exact) mass is 462 g/mol. The SMILES string of the molecule is CC(C)(C)OC(=O)N1CCc2c3c(nn2-c2ccc(C4CC4)cc2C(F)(F)F)CCNC[C@@H]31. The van der Waals surface area contributed by atoms with Crippen LogP contribution in [-0.2, 0) is 23.8 Å². The number of carbonyl (C=O) groups is 1. The van der Waals surface area contributed by atoms with Crippen molar-refractivity contribution in [2.75, 3.05) is 19.6 Å². The molecule has 0 unspecified atom stereocenters. The predicted molar refractivity (Wildman–Crippen MR) is 116 cm³/mol. The Bertz CT molecular complexity index is 1080. The first-order valence-corrected chi connectivity index (χ1v) is 11.6. The van der Waals surface area contributed by atoms with Crippen molar-refractivity contribution in [2.45, 2.75) is 70.2 Å². The molecule has 1 aromatic heterocycles. The zero-order chi connectivity index (χ0) is 23.5. The van der Waals surface area contributed by atoms with Crippen molar-refractivity contribution in [3.8, 4) is 5.69 Å². The Kier molecular flexibility index (Phi) is 5.23. The average molecular weight is 463 g/mol. The van der Waals surface area contributed by atoms with Gasteiger partial charge in [-0.15, -0.1) is 0 Å². The van der Waals surface area contributed by atoms with Crippen molar-refractivity contribution in [3.63, 3.8) is 0 Å². The fraction of sp³-hybridized carbons (Fsp3) is 0.583. The van der Waals surface area contributed by atoms with Gasteiger partial charge in [-0.25, -0.2) is 9.48 Å². The number of halogens is 3. The molecule has 0 radical (unpaired) electrons. The number of aromatic nitrogens is 2. The maximum Gasteiger partial charge on any atom is 0.418 e. The number of carbonyl (C=O) groups excluding carboxylic acids is 1. The van der Waals surface area contributed by atoms with Gasteiger partial charge in [0.05, 0.1) is 28.7 Å². The molecule has 1 fully saturated rings. The fourth-order valence-corrected chi connectivity index (χ4v) is 4.90. The molecule has 1 saturated carbocycles. The molecule has 33 heavy (non-hydrogen) atoms. The second-order valence-electron chi connectivity index (χ2n) is 10.2. The zero-order valence-corrected chi connectivity index (χ0v) is 19.1. The number of hydrogen-bond acceptors (Lipinski definition) is 4. The highest BCUT2D eigenvalue weighted by atomic mass is 19.4. The van der Waals surface area contributed by atoms with E-state index >= 15 is 0 Å². The third-order valence-electron chi connectivity index (χ3n) is 6.50. The van der Waals surface area contributed by atoms with Crippen molar-refractivity contribution in [1.29, 1.82) is 0 Å². The van der Waals surface area contributed by atoms with Gasteiger partial charge in [0, 0.05) is 38.0 Å². The third kappa shape index (κ3) is 4.23. The molecule has 0 saturated heterocycles. The summed E-state index contributed by atoms with van der Waals surface area (Å²) in [5.74, 6) is 0.227. The Morgan fingerprint density at radius 2 is 1.94 bits per heavy atom. The van der Waals surface area contributed by atoms with E-state index in [4.69, 9.17) is 4.74 Å². The average Bonchev–Trinajstić information content (AvgIpc) is 3.52. The first-order chi connectivity index (χ1) is 15.5. The van der Waals surface area contributed by atoms with Gasteiger partial charge in [-0.05, 0) is 57.2 Å². The number of alkyl halides is 3. The van der Waals surface area contributed by atoms with E-state index in [-0.39, 0.29) is 17.6 Å². The molecule has 3 aliphatic rings. The first kappa shape index (κ1) is 22.3. The van der Waals surface area contributed by atoms with Gasteiger partial charge < -0.3 is 10.1 Å². The van der Waals surface area contributed by atoms with E-state index in [2.05, 4.69) is 10.4 Å². The number of hydrogen-bond donors (Lipinski definition) is 1. The number of benzene rings is 1. The Hall–Kier alpha value is -2.55. The molecule has 9 heteroatoms. The smallest absolute Gasteiger partial charge is 0.418 e. The topological polar surface area (TPSA) is 59.4 Å². The fourth-order valence-electron chi connectivity index (χ4n) is 4.90. The van der Waals surface area contributed by atoms with Crippen LogP contribution in [0.15, 0.2) is 18.2 Å². The van der Waals surface area contributed by atoms with E-state index in [1.54, 1.807) is 17.0 Å². The number of amides is 1. The predicted octanol–water partition coefficient (Wildman–Crippen LogP) is 4.75. The van der Waals surface area contributed by atoms with Crippen LogP contribution in [-0.4, -0.2) is 46.0 Å². The maximum absolute atomic E-state index is 14.1. The molecular formula is C24H29F3N4O2. The minimum absolute atomic E-state index is 0.0624. The Balaban J connectivity index is 1.59. The Morgan fingerprint density at radius 3 is 2.61 bits per heavy atom. The Labute approximate surface area is 191 Å².